The third-order valence-electron chi connectivity index (χ3n) is 4.75. The van der Waals surface area contributed by atoms with E-state index in [-0.39, 0.29) is 18.0 Å². The van der Waals surface area contributed by atoms with Gasteiger partial charge in [0.25, 0.3) is 5.91 Å². The summed E-state index contributed by atoms with van der Waals surface area (Å²) in [6.07, 6.45) is 1.01. The maximum absolute atomic E-state index is 12.7. The Morgan fingerprint density at radius 3 is 2.61 bits per heavy atom. The van der Waals surface area contributed by atoms with Gasteiger partial charge < -0.3 is 10.6 Å². The second-order valence-electron chi connectivity index (χ2n) is 6.75. The number of aryl methyl sites for hydroxylation is 1. The van der Waals surface area contributed by atoms with Crippen LogP contribution in [-0.2, 0) is 11.2 Å². The van der Waals surface area contributed by atoms with Crippen LogP contribution in [0.4, 0.5) is 5.69 Å². The SMILES string of the molecule is CCc1ccc([C@@H]([NH2+][C@H](C)C(=O)Nc2cccc(C#N)c2)c2cccs2)cc1. The average Bonchev–Trinajstić information content (AvgIpc) is 3.26. The number of thiophene rings is 1. The molecule has 0 aliphatic carbocycles. The molecule has 0 bridgehead atoms. The molecular weight excluding hydrogens is 366 g/mol. The number of nitrogens with one attached hydrogen (secondary N) is 1. The Balaban J connectivity index is 1.76. The summed E-state index contributed by atoms with van der Waals surface area (Å²) in [7, 11) is 0. The number of hydrogen-bond acceptors (Lipinski definition) is 3. The first kappa shape index (κ1) is 19.8. The van der Waals surface area contributed by atoms with Crippen LogP contribution in [0.15, 0.2) is 66.0 Å². The van der Waals surface area contributed by atoms with Gasteiger partial charge in [-0.1, -0.05) is 43.3 Å². The summed E-state index contributed by atoms with van der Waals surface area (Å²) >= 11 is 1.70. The van der Waals surface area contributed by atoms with Crippen molar-refractivity contribution in [3.8, 4) is 6.07 Å². The van der Waals surface area contributed by atoms with Crippen LogP contribution in [-0.4, -0.2) is 11.9 Å². The predicted octanol–water partition coefficient (Wildman–Crippen LogP) is 3.86. The molecule has 0 radical (unpaired) electrons. The first-order valence-electron chi connectivity index (χ1n) is 9.39. The molecule has 2 aromatic carbocycles. The van der Waals surface area contributed by atoms with Crippen LogP contribution >= 0.6 is 11.3 Å². The van der Waals surface area contributed by atoms with Gasteiger partial charge in [0.2, 0.25) is 0 Å². The van der Waals surface area contributed by atoms with Crippen LogP contribution in [0.1, 0.15) is 41.5 Å². The standard InChI is InChI=1S/C23H23N3OS/c1-3-17-9-11-19(12-10-17)22(21-8-5-13-28-21)25-16(2)23(27)26-20-7-4-6-18(14-20)15-24/h4-14,16,22,25H,3H2,1-2H3,(H,26,27)/p+1/t16-,22-/m1/s1. The summed E-state index contributed by atoms with van der Waals surface area (Å²) in [5, 5.41) is 16.1. The number of amides is 1. The third-order valence-corrected chi connectivity index (χ3v) is 5.71. The Labute approximate surface area is 169 Å². The molecule has 28 heavy (non-hydrogen) atoms. The van der Waals surface area contributed by atoms with Crippen molar-refractivity contribution in [3.63, 3.8) is 0 Å². The molecule has 4 nitrogen and oxygen atoms in total. The van der Waals surface area contributed by atoms with Gasteiger partial charge in [0.1, 0.15) is 6.04 Å². The molecule has 3 N–H and O–H groups in total. The van der Waals surface area contributed by atoms with Gasteiger partial charge in [-0.2, -0.15) is 5.26 Å². The van der Waals surface area contributed by atoms with E-state index in [1.54, 1.807) is 35.6 Å². The van der Waals surface area contributed by atoms with E-state index in [1.165, 1.54) is 16.0 Å². The van der Waals surface area contributed by atoms with E-state index in [9.17, 15) is 4.79 Å². The highest BCUT2D eigenvalue weighted by atomic mass is 32.1. The van der Waals surface area contributed by atoms with E-state index >= 15 is 0 Å². The molecule has 1 amide bonds. The van der Waals surface area contributed by atoms with Gasteiger partial charge in [0, 0.05) is 11.3 Å². The fourth-order valence-corrected chi connectivity index (χ4v) is 3.93. The number of hydrogen-bond donors (Lipinski definition) is 2. The molecule has 0 unspecified atom stereocenters. The van der Waals surface area contributed by atoms with E-state index in [0.29, 0.717) is 11.3 Å². The molecule has 3 rings (SSSR count). The number of nitriles is 1. The van der Waals surface area contributed by atoms with Crippen LogP contribution in [0.25, 0.3) is 0 Å². The number of carbonyl (C=O) groups is 1. The lowest BCUT2D eigenvalue weighted by Crippen LogP contribution is -2.92. The van der Waals surface area contributed by atoms with E-state index in [0.717, 1.165) is 6.42 Å². The predicted molar refractivity (Wildman–Crippen MR) is 113 cm³/mol. The molecule has 0 spiro atoms. The topological polar surface area (TPSA) is 69.5 Å². The van der Waals surface area contributed by atoms with Crippen LogP contribution in [0.3, 0.4) is 0 Å². The Morgan fingerprint density at radius 2 is 1.96 bits per heavy atom. The number of nitrogens with zero attached hydrogens (tertiary/aromatic N) is 1. The molecule has 1 heterocycles. The monoisotopic (exact) mass is 390 g/mol. The number of carbonyl (C=O) groups excluding carboxylic acids is 1. The van der Waals surface area contributed by atoms with Crippen molar-refractivity contribution in [2.75, 3.05) is 5.32 Å². The van der Waals surface area contributed by atoms with Crippen LogP contribution in [0.2, 0.25) is 0 Å². The third kappa shape index (κ3) is 4.86. The number of benzene rings is 2. The van der Waals surface area contributed by atoms with Crippen molar-refractivity contribution in [1.82, 2.24) is 0 Å². The zero-order valence-corrected chi connectivity index (χ0v) is 16.9. The minimum absolute atomic E-state index is 0.0668. The van der Waals surface area contributed by atoms with Gasteiger partial charge in [-0.15, -0.1) is 11.3 Å². The molecule has 0 saturated heterocycles. The van der Waals surface area contributed by atoms with Crippen molar-refractivity contribution >= 4 is 22.9 Å². The summed E-state index contributed by atoms with van der Waals surface area (Å²) < 4.78 is 0. The molecular formula is C23H24N3OS+. The van der Waals surface area contributed by atoms with Crippen molar-refractivity contribution in [1.29, 1.82) is 5.26 Å². The Kier molecular flexibility index (Phi) is 6.59. The first-order chi connectivity index (χ1) is 13.6. The second-order valence-corrected chi connectivity index (χ2v) is 7.73. The molecule has 3 aromatic rings. The van der Waals surface area contributed by atoms with Gasteiger partial charge in [-0.25, -0.2) is 0 Å². The zero-order chi connectivity index (χ0) is 19.9. The lowest BCUT2D eigenvalue weighted by molar-refractivity contribution is -0.703. The van der Waals surface area contributed by atoms with Gasteiger partial charge >= 0.3 is 0 Å². The van der Waals surface area contributed by atoms with E-state index in [2.05, 4.69) is 59.3 Å². The highest BCUT2D eigenvalue weighted by Crippen LogP contribution is 2.23. The molecule has 5 heteroatoms. The number of anilines is 1. The molecule has 2 atom stereocenters. The van der Waals surface area contributed by atoms with E-state index in [4.69, 9.17) is 5.26 Å². The summed E-state index contributed by atoms with van der Waals surface area (Å²) in [5.74, 6) is -0.0816. The maximum Gasteiger partial charge on any atom is 0.282 e. The van der Waals surface area contributed by atoms with E-state index in [1.807, 2.05) is 13.0 Å². The Hall–Kier alpha value is -2.94. The largest absolute Gasteiger partial charge is 0.326 e. The number of rotatable bonds is 7. The Morgan fingerprint density at radius 1 is 1.18 bits per heavy atom. The van der Waals surface area contributed by atoms with Crippen LogP contribution < -0.4 is 10.6 Å². The quantitative estimate of drug-likeness (QED) is 0.643. The summed E-state index contributed by atoms with van der Waals surface area (Å²) in [6.45, 7) is 4.05. The smallest absolute Gasteiger partial charge is 0.282 e. The maximum atomic E-state index is 12.7. The van der Waals surface area contributed by atoms with Crippen molar-refractivity contribution < 1.29 is 10.1 Å². The highest BCUT2D eigenvalue weighted by molar-refractivity contribution is 7.10. The number of nitrogens with two attached hydrogens (primary N) is 1. The number of quaternary nitrogens is 1. The summed E-state index contributed by atoms with van der Waals surface area (Å²) in [5.41, 5.74) is 3.66. The van der Waals surface area contributed by atoms with Crippen LogP contribution in [0, 0.1) is 11.3 Å². The van der Waals surface area contributed by atoms with Gasteiger partial charge in [-0.05, 0) is 48.6 Å². The van der Waals surface area contributed by atoms with Gasteiger partial charge in [0.15, 0.2) is 6.04 Å². The lowest BCUT2D eigenvalue weighted by atomic mass is 10.0. The van der Waals surface area contributed by atoms with Gasteiger partial charge in [0.05, 0.1) is 16.5 Å². The highest BCUT2D eigenvalue weighted by Gasteiger charge is 2.25. The minimum Gasteiger partial charge on any atom is -0.326 e. The molecule has 142 valence electrons. The normalized spacial score (nSPS) is 12.8. The summed E-state index contributed by atoms with van der Waals surface area (Å²) in [4.78, 5) is 13.9. The fourth-order valence-electron chi connectivity index (χ4n) is 3.10. The molecule has 0 aliphatic rings. The first-order valence-corrected chi connectivity index (χ1v) is 10.3. The lowest BCUT2D eigenvalue weighted by Gasteiger charge is -2.20. The van der Waals surface area contributed by atoms with Crippen LogP contribution in [0.5, 0.6) is 0 Å². The molecule has 0 fully saturated rings. The van der Waals surface area contributed by atoms with Crippen molar-refractivity contribution in [2.24, 2.45) is 0 Å². The van der Waals surface area contributed by atoms with Gasteiger partial charge in [-0.3, -0.25) is 4.79 Å². The second kappa shape index (κ2) is 9.32. The fraction of sp³-hybridized carbons (Fsp3) is 0.217. The molecule has 0 aliphatic heterocycles. The molecule has 1 aromatic heterocycles. The molecule has 0 saturated carbocycles. The zero-order valence-electron chi connectivity index (χ0n) is 16.1. The van der Waals surface area contributed by atoms with Crippen molar-refractivity contribution in [3.05, 3.63) is 87.6 Å². The van der Waals surface area contributed by atoms with E-state index < -0.39 is 0 Å². The average molecular weight is 391 g/mol. The Bertz CT molecular complexity index is 958. The minimum atomic E-state index is -0.288. The summed E-state index contributed by atoms with van der Waals surface area (Å²) in [6, 6.07) is 21.6. The van der Waals surface area contributed by atoms with Crippen molar-refractivity contribution in [2.45, 2.75) is 32.4 Å².